The van der Waals surface area contributed by atoms with Gasteiger partial charge in [0.1, 0.15) is 5.82 Å². The first-order valence-corrected chi connectivity index (χ1v) is 7.21. The van der Waals surface area contributed by atoms with Crippen molar-refractivity contribution in [2.75, 3.05) is 19.6 Å². The Morgan fingerprint density at radius 1 is 1.39 bits per heavy atom. The summed E-state index contributed by atoms with van der Waals surface area (Å²) in [7, 11) is 2.06. The SMILES string of the molecule is CCCN1CCCC(NCc2nccn2C)CC1. The lowest BCUT2D eigenvalue weighted by Gasteiger charge is -2.19. The Bertz CT molecular complexity index is 347. The largest absolute Gasteiger partial charge is 0.337 e. The Morgan fingerprint density at radius 3 is 3.00 bits per heavy atom. The van der Waals surface area contributed by atoms with Crippen molar-refractivity contribution in [3.8, 4) is 0 Å². The van der Waals surface area contributed by atoms with Crippen LogP contribution in [-0.2, 0) is 13.6 Å². The molecule has 0 spiro atoms. The number of rotatable bonds is 5. The zero-order valence-electron chi connectivity index (χ0n) is 11.7. The molecule has 1 aromatic rings. The van der Waals surface area contributed by atoms with Gasteiger partial charge in [0.2, 0.25) is 0 Å². The van der Waals surface area contributed by atoms with Gasteiger partial charge in [-0.3, -0.25) is 0 Å². The molecule has 1 N–H and O–H groups in total. The minimum Gasteiger partial charge on any atom is -0.337 e. The minimum atomic E-state index is 0.656. The average Bonchev–Trinajstić information content (AvgIpc) is 2.63. The fraction of sp³-hybridized carbons (Fsp3) is 0.786. The van der Waals surface area contributed by atoms with Gasteiger partial charge in [-0.2, -0.15) is 0 Å². The summed E-state index contributed by atoms with van der Waals surface area (Å²) >= 11 is 0. The van der Waals surface area contributed by atoms with E-state index in [4.69, 9.17) is 0 Å². The molecular weight excluding hydrogens is 224 g/mol. The van der Waals surface area contributed by atoms with E-state index in [1.807, 2.05) is 12.4 Å². The molecule has 1 aromatic heterocycles. The number of aromatic nitrogens is 2. The molecule has 2 heterocycles. The first kappa shape index (κ1) is 13.6. The molecule has 1 aliphatic rings. The molecule has 1 atom stereocenters. The van der Waals surface area contributed by atoms with E-state index in [0.29, 0.717) is 6.04 Å². The standard InChI is InChI=1S/C14H26N4/c1-3-8-18-9-4-5-13(6-10-18)16-12-14-15-7-11-17(14)2/h7,11,13,16H,3-6,8-10,12H2,1-2H3. The fourth-order valence-electron chi connectivity index (χ4n) is 2.70. The summed E-state index contributed by atoms with van der Waals surface area (Å²) in [5.74, 6) is 1.13. The molecule has 2 rings (SSSR count). The molecular formula is C14H26N4. The molecule has 4 heteroatoms. The number of aryl methyl sites for hydroxylation is 1. The van der Waals surface area contributed by atoms with Crippen LogP contribution in [0.2, 0.25) is 0 Å². The highest BCUT2D eigenvalue weighted by atomic mass is 15.1. The summed E-state index contributed by atoms with van der Waals surface area (Å²) in [4.78, 5) is 6.96. The molecule has 1 fully saturated rings. The zero-order chi connectivity index (χ0) is 12.8. The van der Waals surface area contributed by atoms with Crippen LogP contribution in [0.5, 0.6) is 0 Å². The van der Waals surface area contributed by atoms with Crippen molar-refractivity contribution in [2.24, 2.45) is 7.05 Å². The summed E-state index contributed by atoms with van der Waals surface area (Å²) in [5, 5.41) is 3.66. The Hall–Kier alpha value is -0.870. The van der Waals surface area contributed by atoms with Gasteiger partial charge in [-0.25, -0.2) is 4.98 Å². The third-order valence-electron chi connectivity index (χ3n) is 3.83. The van der Waals surface area contributed by atoms with Crippen LogP contribution in [-0.4, -0.2) is 40.1 Å². The van der Waals surface area contributed by atoms with E-state index < -0.39 is 0 Å². The van der Waals surface area contributed by atoms with Crippen LogP contribution in [0.15, 0.2) is 12.4 Å². The predicted octanol–water partition coefficient (Wildman–Crippen LogP) is 1.77. The lowest BCUT2D eigenvalue weighted by molar-refractivity contribution is 0.282. The van der Waals surface area contributed by atoms with Gasteiger partial charge in [-0.15, -0.1) is 0 Å². The normalized spacial score (nSPS) is 22.0. The van der Waals surface area contributed by atoms with Crippen molar-refractivity contribution in [3.63, 3.8) is 0 Å². The Balaban J connectivity index is 1.75. The fourth-order valence-corrected chi connectivity index (χ4v) is 2.70. The lowest BCUT2D eigenvalue weighted by atomic mass is 10.1. The Morgan fingerprint density at radius 2 is 2.28 bits per heavy atom. The first-order valence-electron chi connectivity index (χ1n) is 7.21. The summed E-state index contributed by atoms with van der Waals surface area (Å²) in [6, 6.07) is 0.656. The van der Waals surface area contributed by atoms with Gasteiger partial charge in [0.05, 0.1) is 6.54 Å². The summed E-state index contributed by atoms with van der Waals surface area (Å²) in [5.41, 5.74) is 0. The Labute approximate surface area is 110 Å². The second-order valence-electron chi connectivity index (χ2n) is 5.30. The number of hydrogen-bond acceptors (Lipinski definition) is 3. The molecule has 1 unspecified atom stereocenters. The third kappa shape index (κ3) is 3.82. The van der Waals surface area contributed by atoms with Crippen molar-refractivity contribution in [1.82, 2.24) is 19.8 Å². The molecule has 0 radical (unpaired) electrons. The van der Waals surface area contributed by atoms with Gasteiger partial charge in [0, 0.05) is 25.5 Å². The van der Waals surface area contributed by atoms with Gasteiger partial charge in [-0.1, -0.05) is 6.92 Å². The van der Waals surface area contributed by atoms with Gasteiger partial charge in [0.25, 0.3) is 0 Å². The predicted molar refractivity (Wildman–Crippen MR) is 74.4 cm³/mol. The van der Waals surface area contributed by atoms with Crippen LogP contribution in [0, 0.1) is 0 Å². The number of hydrogen-bond donors (Lipinski definition) is 1. The molecule has 0 aliphatic carbocycles. The van der Waals surface area contributed by atoms with Gasteiger partial charge in [0.15, 0.2) is 0 Å². The van der Waals surface area contributed by atoms with Crippen molar-refractivity contribution in [3.05, 3.63) is 18.2 Å². The quantitative estimate of drug-likeness (QED) is 0.864. The van der Waals surface area contributed by atoms with E-state index in [1.165, 1.54) is 45.3 Å². The maximum absolute atomic E-state index is 4.36. The number of nitrogens with one attached hydrogen (secondary N) is 1. The van der Waals surface area contributed by atoms with Crippen LogP contribution in [0.3, 0.4) is 0 Å². The number of nitrogens with zero attached hydrogens (tertiary/aromatic N) is 3. The molecule has 0 saturated carbocycles. The van der Waals surface area contributed by atoms with Crippen LogP contribution < -0.4 is 5.32 Å². The molecule has 1 saturated heterocycles. The molecule has 1 aliphatic heterocycles. The van der Waals surface area contributed by atoms with Crippen molar-refractivity contribution < 1.29 is 0 Å². The number of imidazole rings is 1. The van der Waals surface area contributed by atoms with Crippen molar-refractivity contribution in [1.29, 1.82) is 0 Å². The van der Waals surface area contributed by atoms with Crippen LogP contribution in [0.25, 0.3) is 0 Å². The Kier molecular flexibility index (Phi) is 5.20. The summed E-state index contributed by atoms with van der Waals surface area (Å²) in [6.07, 6.45) is 9.03. The van der Waals surface area contributed by atoms with E-state index in [9.17, 15) is 0 Å². The third-order valence-corrected chi connectivity index (χ3v) is 3.83. The van der Waals surface area contributed by atoms with Gasteiger partial charge in [-0.05, 0) is 45.3 Å². The molecule has 0 amide bonds. The second kappa shape index (κ2) is 6.90. The van der Waals surface area contributed by atoms with Crippen molar-refractivity contribution >= 4 is 0 Å². The van der Waals surface area contributed by atoms with E-state index >= 15 is 0 Å². The molecule has 0 aromatic carbocycles. The lowest BCUT2D eigenvalue weighted by Crippen LogP contribution is -2.31. The smallest absolute Gasteiger partial charge is 0.122 e. The molecule has 18 heavy (non-hydrogen) atoms. The first-order chi connectivity index (χ1) is 8.79. The molecule has 4 nitrogen and oxygen atoms in total. The number of likely N-dealkylation sites (tertiary alicyclic amines) is 1. The maximum Gasteiger partial charge on any atom is 0.122 e. The highest BCUT2D eigenvalue weighted by Gasteiger charge is 2.16. The highest BCUT2D eigenvalue weighted by Crippen LogP contribution is 2.11. The summed E-state index contributed by atoms with van der Waals surface area (Å²) < 4.78 is 2.09. The van der Waals surface area contributed by atoms with Crippen LogP contribution >= 0.6 is 0 Å². The molecule has 102 valence electrons. The average molecular weight is 250 g/mol. The second-order valence-corrected chi connectivity index (χ2v) is 5.30. The van der Waals surface area contributed by atoms with E-state index in [2.05, 4.69) is 33.7 Å². The summed E-state index contributed by atoms with van der Waals surface area (Å²) in [6.45, 7) is 6.93. The van der Waals surface area contributed by atoms with Crippen LogP contribution in [0.4, 0.5) is 0 Å². The van der Waals surface area contributed by atoms with E-state index in [-0.39, 0.29) is 0 Å². The monoisotopic (exact) mass is 250 g/mol. The van der Waals surface area contributed by atoms with Crippen LogP contribution in [0.1, 0.15) is 38.4 Å². The van der Waals surface area contributed by atoms with Gasteiger partial charge >= 0.3 is 0 Å². The topological polar surface area (TPSA) is 33.1 Å². The maximum atomic E-state index is 4.36. The van der Waals surface area contributed by atoms with E-state index in [1.54, 1.807) is 0 Å². The zero-order valence-corrected chi connectivity index (χ0v) is 11.7. The van der Waals surface area contributed by atoms with E-state index in [0.717, 1.165) is 12.4 Å². The van der Waals surface area contributed by atoms with Crippen molar-refractivity contribution in [2.45, 2.75) is 45.2 Å². The van der Waals surface area contributed by atoms with Gasteiger partial charge < -0.3 is 14.8 Å². The minimum absolute atomic E-state index is 0.656. The molecule has 0 bridgehead atoms. The highest BCUT2D eigenvalue weighted by molar-refractivity contribution is 4.91.